The van der Waals surface area contributed by atoms with Crippen molar-refractivity contribution < 1.29 is 0 Å². The normalized spacial score (nSPS) is 20.2. The molecular weight excluding hydrogens is 254 g/mol. The molecule has 1 aliphatic carbocycles. The van der Waals surface area contributed by atoms with Gasteiger partial charge in [0.1, 0.15) is 0 Å². The van der Waals surface area contributed by atoms with Crippen LogP contribution in [0.2, 0.25) is 0 Å². The maximum atomic E-state index is 3.27. The molecule has 1 aliphatic rings. The number of hydrogen-bond donors (Lipinski definition) is 1. The van der Waals surface area contributed by atoms with Crippen LogP contribution in [0.4, 0.5) is 0 Å². The predicted molar refractivity (Wildman–Crippen MR) is 90.5 cm³/mol. The summed E-state index contributed by atoms with van der Waals surface area (Å²) in [5.74, 6) is 0. The van der Waals surface area contributed by atoms with E-state index in [2.05, 4.69) is 72.9 Å². The maximum Gasteiger partial charge on any atom is 0.0394 e. The van der Waals surface area contributed by atoms with Crippen LogP contribution < -0.4 is 5.32 Å². The molecule has 0 spiro atoms. The molecule has 1 nitrogen and oxygen atoms in total. The topological polar surface area (TPSA) is 12.0 Å². The monoisotopic (exact) mass is 277 g/mol. The summed E-state index contributed by atoms with van der Waals surface area (Å²) in [7, 11) is 2.03. The Morgan fingerprint density at radius 3 is 2.43 bits per heavy atom. The van der Waals surface area contributed by atoms with E-state index in [1.165, 1.54) is 28.7 Å². The fraction of sp³-hybridized carbons (Fsp3) is 0.300. The molecule has 1 heteroatoms. The lowest BCUT2D eigenvalue weighted by molar-refractivity contribution is 0.544. The smallest absolute Gasteiger partial charge is 0.0394 e. The third-order valence-electron chi connectivity index (χ3n) is 4.58. The fourth-order valence-electron chi connectivity index (χ4n) is 3.61. The highest BCUT2D eigenvalue weighted by atomic mass is 14.8. The molecule has 0 saturated carbocycles. The second-order valence-electron chi connectivity index (χ2n) is 5.92. The van der Waals surface area contributed by atoms with Crippen molar-refractivity contribution in [3.63, 3.8) is 0 Å². The first kappa shape index (κ1) is 14.1. The summed E-state index contributed by atoms with van der Waals surface area (Å²) in [5.41, 5.74) is 5.72. The quantitative estimate of drug-likeness (QED) is 0.799. The summed E-state index contributed by atoms with van der Waals surface area (Å²) in [6.45, 7) is 3.30. The Kier molecular flexibility index (Phi) is 3.94. The Bertz CT molecular complexity index is 642. The summed E-state index contributed by atoms with van der Waals surface area (Å²) >= 11 is 0. The lowest BCUT2D eigenvalue weighted by Crippen LogP contribution is -2.25. The fourth-order valence-corrected chi connectivity index (χ4v) is 3.61. The van der Waals surface area contributed by atoms with Crippen LogP contribution in [0.3, 0.4) is 0 Å². The Morgan fingerprint density at radius 2 is 1.67 bits per heavy atom. The van der Waals surface area contributed by atoms with E-state index in [1.807, 2.05) is 7.05 Å². The Hall–Kier alpha value is -1.86. The summed E-state index contributed by atoms with van der Waals surface area (Å²) in [5, 5.41) is 3.27. The van der Waals surface area contributed by atoms with Crippen molar-refractivity contribution in [2.75, 3.05) is 13.6 Å². The first-order valence-corrected chi connectivity index (χ1v) is 7.77. The average molecular weight is 277 g/mol. The number of hydrogen-bond acceptors (Lipinski definition) is 1. The van der Waals surface area contributed by atoms with Crippen LogP contribution in [0.15, 0.2) is 60.7 Å². The minimum atomic E-state index is 0.0405. The van der Waals surface area contributed by atoms with Gasteiger partial charge in [0.2, 0.25) is 0 Å². The van der Waals surface area contributed by atoms with Crippen molar-refractivity contribution in [2.24, 2.45) is 0 Å². The molecule has 0 saturated heterocycles. The van der Waals surface area contributed by atoms with Crippen LogP contribution in [0.5, 0.6) is 0 Å². The van der Waals surface area contributed by atoms with E-state index in [0.717, 1.165) is 13.0 Å². The maximum absolute atomic E-state index is 3.27. The minimum Gasteiger partial charge on any atom is -0.320 e. The van der Waals surface area contributed by atoms with E-state index in [-0.39, 0.29) is 5.41 Å². The van der Waals surface area contributed by atoms with Crippen molar-refractivity contribution in [1.82, 2.24) is 5.32 Å². The van der Waals surface area contributed by atoms with Crippen LogP contribution in [-0.2, 0) is 5.41 Å². The number of fused-ring (bicyclic) bond motifs is 1. The number of nitrogens with one attached hydrogen (secondary N) is 1. The molecule has 0 heterocycles. The van der Waals surface area contributed by atoms with Crippen LogP contribution in [-0.4, -0.2) is 13.6 Å². The second kappa shape index (κ2) is 5.87. The van der Waals surface area contributed by atoms with Crippen LogP contribution >= 0.6 is 0 Å². The summed E-state index contributed by atoms with van der Waals surface area (Å²) in [4.78, 5) is 0. The molecule has 21 heavy (non-hydrogen) atoms. The van der Waals surface area contributed by atoms with E-state index in [1.54, 1.807) is 0 Å². The van der Waals surface area contributed by atoms with E-state index < -0.39 is 0 Å². The molecule has 108 valence electrons. The molecule has 1 N–H and O–H groups in total. The van der Waals surface area contributed by atoms with Gasteiger partial charge < -0.3 is 5.32 Å². The van der Waals surface area contributed by atoms with Gasteiger partial charge in [-0.3, -0.25) is 0 Å². The molecule has 2 aromatic rings. The molecule has 1 unspecified atom stereocenters. The van der Waals surface area contributed by atoms with Crippen LogP contribution in [0.1, 0.15) is 36.5 Å². The van der Waals surface area contributed by atoms with Gasteiger partial charge in [-0.2, -0.15) is 0 Å². The van der Waals surface area contributed by atoms with Crippen molar-refractivity contribution >= 4 is 5.57 Å². The van der Waals surface area contributed by atoms with Gasteiger partial charge in [-0.05, 0) is 55.6 Å². The van der Waals surface area contributed by atoms with Crippen LogP contribution in [0.25, 0.3) is 5.57 Å². The van der Waals surface area contributed by atoms with Crippen molar-refractivity contribution in [2.45, 2.75) is 25.2 Å². The van der Waals surface area contributed by atoms with Gasteiger partial charge in [0.25, 0.3) is 0 Å². The Balaban J connectivity index is 2.11. The highest BCUT2D eigenvalue weighted by molar-refractivity contribution is 5.77. The zero-order valence-electron chi connectivity index (χ0n) is 12.9. The van der Waals surface area contributed by atoms with Gasteiger partial charge in [0, 0.05) is 5.41 Å². The number of benzene rings is 2. The zero-order chi connectivity index (χ0) is 14.7. The van der Waals surface area contributed by atoms with Crippen molar-refractivity contribution in [1.29, 1.82) is 0 Å². The SMILES string of the molecule is CNCCCC1(c2ccccc2)C=C(C)c2ccccc21. The second-order valence-corrected chi connectivity index (χ2v) is 5.92. The highest BCUT2D eigenvalue weighted by Crippen LogP contribution is 2.47. The molecule has 2 aromatic carbocycles. The molecule has 3 rings (SSSR count). The average Bonchev–Trinajstić information content (AvgIpc) is 2.83. The first-order chi connectivity index (χ1) is 10.3. The van der Waals surface area contributed by atoms with Gasteiger partial charge in [0.15, 0.2) is 0 Å². The van der Waals surface area contributed by atoms with Crippen LogP contribution in [0, 0.1) is 0 Å². The molecule has 0 fully saturated rings. The zero-order valence-corrected chi connectivity index (χ0v) is 12.9. The molecule has 1 atom stereocenters. The van der Waals surface area contributed by atoms with Gasteiger partial charge in [0.05, 0.1) is 0 Å². The van der Waals surface area contributed by atoms with Gasteiger partial charge in [-0.15, -0.1) is 0 Å². The largest absolute Gasteiger partial charge is 0.320 e. The highest BCUT2D eigenvalue weighted by Gasteiger charge is 2.37. The molecule has 0 aliphatic heterocycles. The summed E-state index contributed by atoms with van der Waals surface area (Å²) in [6, 6.07) is 19.8. The standard InChI is InChI=1S/C20H23N/c1-16-15-20(13-8-14-21-2,17-9-4-3-5-10-17)19-12-7-6-11-18(16)19/h3-7,9-12,15,21H,8,13-14H2,1-2H3. The van der Waals surface area contributed by atoms with E-state index in [4.69, 9.17) is 0 Å². The third-order valence-corrected chi connectivity index (χ3v) is 4.58. The summed E-state index contributed by atoms with van der Waals surface area (Å²) < 4.78 is 0. The first-order valence-electron chi connectivity index (χ1n) is 7.77. The predicted octanol–water partition coefficient (Wildman–Crippen LogP) is 4.39. The minimum absolute atomic E-state index is 0.0405. The molecular formula is C20H23N. The van der Waals surface area contributed by atoms with Crippen molar-refractivity contribution in [3.05, 3.63) is 77.4 Å². The third kappa shape index (κ3) is 2.43. The lowest BCUT2D eigenvalue weighted by Gasteiger charge is -2.30. The number of rotatable bonds is 5. The van der Waals surface area contributed by atoms with Gasteiger partial charge in [-0.25, -0.2) is 0 Å². The lowest BCUT2D eigenvalue weighted by atomic mass is 9.73. The van der Waals surface area contributed by atoms with E-state index in [0.29, 0.717) is 0 Å². The van der Waals surface area contributed by atoms with E-state index in [9.17, 15) is 0 Å². The number of allylic oxidation sites excluding steroid dienone is 2. The molecule has 0 amide bonds. The van der Waals surface area contributed by atoms with Gasteiger partial charge >= 0.3 is 0 Å². The molecule has 0 aromatic heterocycles. The van der Waals surface area contributed by atoms with Crippen molar-refractivity contribution in [3.8, 4) is 0 Å². The Morgan fingerprint density at radius 1 is 0.952 bits per heavy atom. The molecule has 0 bridgehead atoms. The van der Waals surface area contributed by atoms with Gasteiger partial charge in [-0.1, -0.05) is 60.7 Å². The Labute approximate surface area is 127 Å². The molecule has 0 radical (unpaired) electrons. The van der Waals surface area contributed by atoms with E-state index >= 15 is 0 Å². The summed E-state index contributed by atoms with van der Waals surface area (Å²) in [6.07, 6.45) is 4.79.